The van der Waals surface area contributed by atoms with Crippen molar-refractivity contribution < 1.29 is 9.53 Å². The number of hydrogen-bond acceptors (Lipinski definition) is 6. The Balaban J connectivity index is 1.40. The number of ether oxygens (including phenoxy) is 1. The normalized spacial score (nSPS) is 19.4. The third-order valence-corrected chi connectivity index (χ3v) is 6.64. The van der Waals surface area contributed by atoms with Crippen molar-refractivity contribution in [2.75, 3.05) is 18.8 Å². The molecule has 36 heavy (non-hydrogen) atoms. The quantitative estimate of drug-likeness (QED) is 0.489. The van der Waals surface area contributed by atoms with Crippen molar-refractivity contribution in [1.29, 1.82) is 0 Å². The largest absolute Gasteiger partial charge is 0.457 e. The first-order valence-corrected chi connectivity index (χ1v) is 12.5. The van der Waals surface area contributed by atoms with Gasteiger partial charge in [-0.1, -0.05) is 38.1 Å². The predicted molar refractivity (Wildman–Crippen MR) is 141 cm³/mol. The van der Waals surface area contributed by atoms with Gasteiger partial charge in [0.15, 0.2) is 0 Å². The van der Waals surface area contributed by atoms with Crippen molar-refractivity contribution in [3.63, 3.8) is 0 Å². The van der Waals surface area contributed by atoms with Crippen LogP contribution >= 0.6 is 0 Å². The Hall–Kier alpha value is -4.00. The zero-order chi connectivity index (χ0) is 25.1. The second kappa shape index (κ2) is 10.3. The Morgan fingerprint density at radius 2 is 1.83 bits per heavy atom. The van der Waals surface area contributed by atoms with Crippen LogP contribution in [0.1, 0.15) is 49.6 Å². The van der Waals surface area contributed by atoms with E-state index in [9.17, 15) is 4.79 Å². The van der Waals surface area contributed by atoms with E-state index in [1.165, 1.54) is 6.33 Å². The number of aromatic nitrogens is 2. The molecule has 2 aliphatic heterocycles. The maximum atomic E-state index is 12.8. The standard InChI is InChI=1S/C29H31N5O2/c1-19(2)10-15-24(35)34-16-6-7-21(17-34)27-28-25(29(30)32-18-31-28)26(33-27)20-11-13-23(14-12-20)36-22-8-4-3-5-9-22/h3-5,8-15,18-19,21,27H,6-7,16-17H2,1-2H3,(H2,30,31,32)/b15-10+. The van der Waals surface area contributed by atoms with Crippen LogP contribution in [0.5, 0.6) is 11.5 Å². The zero-order valence-corrected chi connectivity index (χ0v) is 20.7. The molecule has 3 heterocycles. The Morgan fingerprint density at radius 1 is 1.08 bits per heavy atom. The highest BCUT2D eigenvalue weighted by Crippen LogP contribution is 2.41. The molecule has 1 saturated heterocycles. The van der Waals surface area contributed by atoms with Gasteiger partial charge in [-0.3, -0.25) is 9.79 Å². The highest BCUT2D eigenvalue weighted by molar-refractivity contribution is 6.17. The van der Waals surface area contributed by atoms with Gasteiger partial charge >= 0.3 is 0 Å². The highest BCUT2D eigenvalue weighted by Gasteiger charge is 2.37. The smallest absolute Gasteiger partial charge is 0.246 e. The molecule has 3 aromatic rings. The van der Waals surface area contributed by atoms with E-state index in [0.717, 1.165) is 53.4 Å². The van der Waals surface area contributed by atoms with E-state index in [1.54, 1.807) is 6.08 Å². The molecule has 2 N–H and O–H groups in total. The lowest BCUT2D eigenvalue weighted by Gasteiger charge is -2.34. The highest BCUT2D eigenvalue weighted by atomic mass is 16.5. The zero-order valence-electron chi connectivity index (χ0n) is 20.7. The molecule has 0 saturated carbocycles. The molecule has 2 aliphatic rings. The van der Waals surface area contributed by atoms with Gasteiger partial charge in [-0.25, -0.2) is 9.97 Å². The molecule has 0 aliphatic carbocycles. The fraction of sp³-hybridized carbons (Fsp3) is 0.310. The first kappa shape index (κ1) is 23.7. The van der Waals surface area contributed by atoms with Crippen LogP contribution in [0.3, 0.4) is 0 Å². The van der Waals surface area contributed by atoms with Crippen LogP contribution in [0.15, 0.2) is 78.1 Å². The number of nitrogen functional groups attached to an aromatic ring is 1. The van der Waals surface area contributed by atoms with Crippen molar-refractivity contribution in [3.8, 4) is 11.5 Å². The Kier molecular flexibility index (Phi) is 6.80. The number of likely N-dealkylation sites (tertiary alicyclic amines) is 1. The lowest BCUT2D eigenvalue weighted by Crippen LogP contribution is -2.40. The number of nitrogens with zero attached hydrogens (tertiary/aromatic N) is 4. The van der Waals surface area contributed by atoms with Gasteiger partial charge in [0.05, 0.1) is 23.0 Å². The number of para-hydroxylation sites is 1. The molecule has 2 aromatic carbocycles. The SMILES string of the molecule is CC(C)/C=C/C(=O)N1CCCC(C2N=C(c3ccc(Oc4ccccc4)cc3)c3c(N)ncnc32)C1. The molecule has 0 radical (unpaired) electrons. The van der Waals surface area contributed by atoms with Gasteiger partial charge in [-0.2, -0.15) is 0 Å². The van der Waals surface area contributed by atoms with E-state index >= 15 is 0 Å². The van der Waals surface area contributed by atoms with E-state index in [-0.39, 0.29) is 17.9 Å². The number of piperidine rings is 1. The Bertz CT molecular complexity index is 1280. The van der Waals surface area contributed by atoms with E-state index < -0.39 is 0 Å². The molecule has 2 unspecified atom stereocenters. The Morgan fingerprint density at radius 3 is 2.58 bits per heavy atom. The number of nitrogens with two attached hydrogens (primary N) is 1. The number of carbonyl (C=O) groups excluding carboxylic acids is 1. The molecule has 5 rings (SSSR count). The fourth-order valence-corrected chi connectivity index (χ4v) is 4.85. The van der Waals surface area contributed by atoms with E-state index in [4.69, 9.17) is 15.5 Å². The fourth-order valence-electron chi connectivity index (χ4n) is 4.85. The lowest BCUT2D eigenvalue weighted by atomic mass is 9.88. The van der Waals surface area contributed by atoms with Crippen LogP contribution < -0.4 is 10.5 Å². The maximum Gasteiger partial charge on any atom is 0.246 e. The van der Waals surface area contributed by atoms with Crippen LogP contribution in [0, 0.1) is 11.8 Å². The van der Waals surface area contributed by atoms with Crippen molar-refractivity contribution in [1.82, 2.24) is 14.9 Å². The van der Waals surface area contributed by atoms with Gasteiger partial charge in [-0.05, 0) is 61.2 Å². The van der Waals surface area contributed by atoms with Gasteiger partial charge in [-0.15, -0.1) is 0 Å². The summed E-state index contributed by atoms with van der Waals surface area (Å²) in [6.07, 6.45) is 7.07. The van der Waals surface area contributed by atoms with Crippen LogP contribution in [0.4, 0.5) is 5.82 Å². The number of rotatable bonds is 6. The first-order chi connectivity index (χ1) is 17.5. The van der Waals surface area contributed by atoms with Crippen molar-refractivity contribution in [2.45, 2.75) is 32.7 Å². The molecule has 1 aromatic heterocycles. The molecule has 1 amide bonds. The van der Waals surface area contributed by atoms with E-state index in [2.05, 4.69) is 23.8 Å². The lowest BCUT2D eigenvalue weighted by molar-refractivity contribution is -0.127. The first-order valence-electron chi connectivity index (χ1n) is 12.5. The number of fused-ring (bicyclic) bond motifs is 1. The van der Waals surface area contributed by atoms with Crippen molar-refractivity contribution in [2.24, 2.45) is 16.8 Å². The molecular weight excluding hydrogens is 450 g/mol. The summed E-state index contributed by atoms with van der Waals surface area (Å²) in [5, 5.41) is 0. The van der Waals surface area contributed by atoms with Gasteiger partial charge < -0.3 is 15.4 Å². The molecule has 0 bridgehead atoms. The third kappa shape index (κ3) is 5.00. The number of anilines is 1. The van der Waals surface area contributed by atoms with Crippen LogP contribution in [-0.4, -0.2) is 39.6 Å². The number of aliphatic imine (C=N–C) groups is 1. The van der Waals surface area contributed by atoms with Crippen molar-refractivity contribution in [3.05, 3.63) is 89.9 Å². The average molecular weight is 482 g/mol. The molecule has 7 nitrogen and oxygen atoms in total. The van der Waals surface area contributed by atoms with Gasteiger partial charge in [0.2, 0.25) is 5.91 Å². The predicted octanol–water partition coefficient (Wildman–Crippen LogP) is 5.19. The molecule has 2 atom stereocenters. The van der Waals surface area contributed by atoms with E-state index in [1.807, 2.05) is 65.6 Å². The summed E-state index contributed by atoms with van der Waals surface area (Å²) in [7, 11) is 0. The maximum absolute atomic E-state index is 12.8. The molecular formula is C29H31N5O2. The number of carbonyl (C=O) groups is 1. The summed E-state index contributed by atoms with van der Waals surface area (Å²) in [6, 6.07) is 17.4. The second-order valence-electron chi connectivity index (χ2n) is 9.67. The summed E-state index contributed by atoms with van der Waals surface area (Å²) in [5.74, 6) is 2.52. The molecule has 0 spiro atoms. The molecule has 7 heteroatoms. The van der Waals surface area contributed by atoms with Gasteiger partial charge in [0.25, 0.3) is 0 Å². The van der Waals surface area contributed by atoms with Crippen LogP contribution in [0.25, 0.3) is 0 Å². The summed E-state index contributed by atoms with van der Waals surface area (Å²) in [5.41, 5.74) is 9.71. The minimum absolute atomic E-state index is 0.0621. The minimum Gasteiger partial charge on any atom is -0.457 e. The molecule has 1 fully saturated rings. The minimum atomic E-state index is -0.162. The summed E-state index contributed by atoms with van der Waals surface area (Å²) < 4.78 is 5.94. The number of amides is 1. The Labute approximate surface area is 211 Å². The van der Waals surface area contributed by atoms with Crippen LogP contribution in [0.2, 0.25) is 0 Å². The topological polar surface area (TPSA) is 93.7 Å². The molecule has 184 valence electrons. The third-order valence-electron chi connectivity index (χ3n) is 6.64. The monoisotopic (exact) mass is 481 g/mol. The number of allylic oxidation sites excluding steroid dienone is 1. The van der Waals surface area contributed by atoms with Gasteiger partial charge in [0, 0.05) is 24.6 Å². The van der Waals surface area contributed by atoms with Gasteiger partial charge in [0.1, 0.15) is 23.6 Å². The number of benzene rings is 2. The van der Waals surface area contributed by atoms with Crippen molar-refractivity contribution >= 4 is 17.4 Å². The van der Waals surface area contributed by atoms with E-state index in [0.29, 0.717) is 18.3 Å². The summed E-state index contributed by atoms with van der Waals surface area (Å²) in [6.45, 7) is 5.55. The average Bonchev–Trinajstić information content (AvgIpc) is 3.29. The number of hydrogen-bond donors (Lipinski definition) is 1. The summed E-state index contributed by atoms with van der Waals surface area (Å²) >= 11 is 0. The second-order valence-corrected chi connectivity index (χ2v) is 9.67. The van der Waals surface area contributed by atoms with Crippen LogP contribution in [-0.2, 0) is 4.79 Å². The summed E-state index contributed by atoms with van der Waals surface area (Å²) in [4.78, 5) is 28.7.